The normalized spacial score (nSPS) is 18.4. The van der Waals surface area contributed by atoms with Crippen molar-refractivity contribution in [3.05, 3.63) is 48.0 Å². The van der Waals surface area contributed by atoms with Crippen LogP contribution in [0.3, 0.4) is 0 Å². The van der Waals surface area contributed by atoms with Gasteiger partial charge in [0.15, 0.2) is 0 Å². The number of hydrogen-bond acceptors (Lipinski definition) is 3. The first-order valence-corrected chi connectivity index (χ1v) is 10.5. The molecule has 0 bridgehead atoms. The van der Waals surface area contributed by atoms with Crippen LogP contribution in [0.2, 0.25) is 0 Å². The van der Waals surface area contributed by atoms with Crippen LogP contribution >= 0.6 is 0 Å². The third-order valence-electron chi connectivity index (χ3n) is 6.10. The standard InChI is InChI=1S/C23H31N3O/c1-2-24-14-16-25(17-15-24)23(27)12-13-26(21-10-11-21)18-20-8-5-7-19-6-3-4-9-22(19)20/h3-9,21H,2,10-18H2,1H3. The van der Waals surface area contributed by atoms with Gasteiger partial charge in [-0.1, -0.05) is 49.4 Å². The first kappa shape index (κ1) is 18.5. The number of likely N-dealkylation sites (N-methyl/N-ethyl adjacent to an activating group) is 1. The van der Waals surface area contributed by atoms with Gasteiger partial charge in [0.1, 0.15) is 0 Å². The molecule has 1 amide bonds. The lowest BCUT2D eigenvalue weighted by atomic mass is 10.0. The molecule has 1 saturated heterocycles. The molecule has 0 radical (unpaired) electrons. The lowest BCUT2D eigenvalue weighted by Crippen LogP contribution is -2.49. The van der Waals surface area contributed by atoms with Gasteiger partial charge in [0.05, 0.1) is 0 Å². The second-order valence-electron chi connectivity index (χ2n) is 7.90. The van der Waals surface area contributed by atoms with Gasteiger partial charge in [-0.2, -0.15) is 0 Å². The van der Waals surface area contributed by atoms with Gasteiger partial charge in [-0.05, 0) is 35.7 Å². The van der Waals surface area contributed by atoms with Gasteiger partial charge >= 0.3 is 0 Å². The number of fused-ring (bicyclic) bond motifs is 1. The fourth-order valence-corrected chi connectivity index (χ4v) is 4.19. The minimum atomic E-state index is 0.328. The maximum atomic E-state index is 12.7. The van der Waals surface area contributed by atoms with Crippen molar-refractivity contribution in [1.82, 2.24) is 14.7 Å². The van der Waals surface area contributed by atoms with E-state index in [1.54, 1.807) is 0 Å². The quantitative estimate of drug-likeness (QED) is 0.753. The summed E-state index contributed by atoms with van der Waals surface area (Å²) in [6, 6.07) is 15.8. The third-order valence-corrected chi connectivity index (χ3v) is 6.10. The predicted molar refractivity (Wildman–Crippen MR) is 111 cm³/mol. The maximum Gasteiger partial charge on any atom is 0.223 e. The Morgan fingerprint density at radius 2 is 1.78 bits per heavy atom. The van der Waals surface area contributed by atoms with Crippen LogP contribution in [-0.4, -0.2) is 65.9 Å². The second-order valence-corrected chi connectivity index (χ2v) is 7.90. The van der Waals surface area contributed by atoms with E-state index in [0.717, 1.165) is 45.8 Å². The van der Waals surface area contributed by atoms with Gasteiger partial charge in [-0.3, -0.25) is 9.69 Å². The molecule has 0 spiro atoms. The van der Waals surface area contributed by atoms with Gasteiger partial charge < -0.3 is 9.80 Å². The first-order chi connectivity index (χ1) is 13.2. The predicted octanol–water partition coefficient (Wildman–Crippen LogP) is 3.36. The summed E-state index contributed by atoms with van der Waals surface area (Å²) < 4.78 is 0. The summed E-state index contributed by atoms with van der Waals surface area (Å²) in [5.74, 6) is 0.328. The largest absolute Gasteiger partial charge is 0.340 e. The molecule has 2 aliphatic rings. The zero-order chi connectivity index (χ0) is 18.6. The Morgan fingerprint density at radius 1 is 1.04 bits per heavy atom. The second kappa shape index (κ2) is 8.41. The molecule has 1 heterocycles. The average molecular weight is 366 g/mol. The minimum Gasteiger partial charge on any atom is -0.340 e. The van der Waals surface area contributed by atoms with E-state index in [1.807, 2.05) is 0 Å². The summed E-state index contributed by atoms with van der Waals surface area (Å²) in [6.45, 7) is 8.92. The van der Waals surface area contributed by atoms with E-state index in [2.05, 4.69) is 64.1 Å². The van der Waals surface area contributed by atoms with E-state index < -0.39 is 0 Å². The van der Waals surface area contributed by atoms with E-state index in [9.17, 15) is 4.79 Å². The lowest BCUT2D eigenvalue weighted by molar-refractivity contribution is -0.133. The van der Waals surface area contributed by atoms with Gasteiger partial charge in [0.25, 0.3) is 0 Å². The van der Waals surface area contributed by atoms with E-state index >= 15 is 0 Å². The van der Waals surface area contributed by atoms with Crippen molar-refractivity contribution in [2.45, 2.75) is 38.8 Å². The molecular formula is C23H31N3O. The Hall–Kier alpha value is -1.91. The van der Waals surface area contributed by atoms with Gasteiger partial charge in [-0.25, -0.2) is 0 Å². The molecule has 4 nitrogen and oxygen atoms in total. The van der Waals surface area contributed by atoms with Crippen molar-refractivity contribution in [2.75, 3.05) is 39.3 Å². The summed E-state index contributed by atoms with van der Waals surface area (Å²) in [6.07, 6.45) is 3.19. The molecule has 27 heavy (non-hydrogen) atoms. The highest BCUT2D eigenvalue weighted by Crippen LogP contribution is 2.30. The molecule has 0 atom stereocenters. The van der Waals surface area contributed by atoms with Gasteiger partial charge in [-0.15, -0.1) is 0 Å². The molecule has 144 valence electrons. The summed E-state index contributed by atoms with van der Waals surface area (Å²) >= 11 is 0. The fourth-order valence-electron chi connectivity index (χ4n) is 4.19. The van der Waals surface area contributed by atoms with E-state index in [4.69, 9.17) is 0 Å². The molecule has 1 aliphatic heterocycles. The molecule has 1 aliphatic carbocycles. The monoisotopic (exact) mass is 365 g/mol. The van der Waals surface area contributed by atoms with Crippen LogP contribution in [0, 0.1) is 0 Å². The van der Waals surface area contributed by atoms with E-state index in [1.165, 1.54) is 29.2 Å². The molecule has 1 saturated carbocycles. The molecule has 0 N–H and O–H groups in total. The van der Waals surface area contributed by atoms with Crippen molar-refractivity contribution in [3.8, 4) is 0 Å². The Morgan fingerprint density at radius 3 is 2.52 bits per heavy atom. The number of hydrogen-bond donors (Lipinski definition) is 0. The maximum absolute atomic E-state index is 12.7. The van der Waals surface area contributed by atoms with Crippen LogP contribution in [0.15, 0.2) is 42.5 Å². The van der Waals surface area contributed by atoms with Gasteiger partial charge in [0.2, 0.25) is 5.91 Å². The third kappa shape index (κ3) is 4.50. The molecule has 0 unspecified atom stereocenters. The number of benzene rings is 2. The topological polar surface area (TPSA) is 26.8 Å². The number of amides is 1. The smallest absolute Gasteiger partial charge is 0.223 e. The van der Waals surface area contributed by atoms with Crippen molar-refractivity contribution in [2.24, 2.45) is 0 Å². The highest BCUT2D eigenvalue weighted by molar-refractivity contribution is 5.85. The summed E-state index contributed by atoms with van der Waals surface area (Å²) in [5, 5.41) is 2.64. The molecule has 0 aromatic heterocycles. The zero-order valence-electron chi connectivity index (χ0n) is 16.4. The summed E-state index contributed by atoms with van der Waals surface area (Å²) in [7, 11) is 0. The molecule has 2 aromatic rings. The van der Waals surface area contributed by atoms with Crippen molar-refractivity contribution < 1.29 is 4.79 Å². The van der Waals surface area contributed by atoms with E-state index in [-0.39, 0.29) is 0 Å². The molecular weight excluding hydrogens is 334 g/mol. The SMILES string of the molecule is CCN1CCN(C(=O)CCN(Cc2cccc3ccccc23)C2CC2)CC1. The van der Waals surface area contributed by atoms with Crippen molar-refractivity contribution >= 4 is 16.7 Å². The molecule has 2 aromatic carbocycles. The van der Waals surface area contributed by atoms with Crippen LogP contribution in [-0.2, 0) is 11.3 Å². The van der Waals surface area contributed by atoms with Crippen LogP contribution in [0.1, 0.15) is 31.7 Å². The number of piperazine rings is 1. The fraction of sp³-hybridized carbons (Fsp3) is 0.522. The number of carbonyl (C=O) groups is 1. The Kier molecular flexibility index (Phi) is 5.74. The minimum absolute atomic E-state index is 0.328. The van der Waals surface area contributed by atoms with E-state index in [0.29, 0.717) is 18.4 Å². The number of rotatable bonds is 7. The van der Waals surface area contributed by atoms with Crippen molar-refractivity contribution in [3.63, 3.8) is 0 Å². The summed E-state index contributed by atoms with van der Waals surface area (Å²) in [5.41, 5.74) is 1.38. The highest BCUT2D eigenvalue weighted by atomic mass is 16.2. The molecule has 2 fully saturated rings. The number of carbonyl (C=O) groups excluding carboxylic acids is 1. The number of nitrogens with zero attached hydrogens (tertiary/aromatic N) is 3. The van der Waals surface area contributed by atoms with Crippen LogP contribution in [0.5, 0.6) is 0 Å². The van der Waals surface area contributed by atoms with Gasteiger partial charge in [0, 0.05) is 51.7 Å². The first-order valence-electron chi connectivity index (χ1n) is 10.5. The highest BCUT2D eigenvalue weighted by Gasteiger charge is 2.30. The molecule has 4 rings (SSSR count). The van der Waals surface area contributed by atoms with Crippen LogP contribution < -0.4 is 0 Å². The Labute approximate surface area is 162 Å². The zero-order valence-corrected chi connectivity index (χ0v) is 16.4. The summed E-state index contributed by atoms with van der Waals surface area (Å²) in [4.78, 5) is 19.7. The van der Waals surface area contributed by atoms with Crippen molar-refractivity contribution in [1.29, 1.82) is 0 Å². The van der Waals surface area contributed by atoms with Crippen LogP contribution in [0.25, 0.3) is 10.8 Å². The lowest BCUT2D eigenvalue weighted by Gasteiger charge is -2.34. The Balaban J connectivity index is 1.37. The average Bonchev–Trinajstić information content (AvgIpc) is 3.56. The Bertz CT molecular complexity index is 773. The molecule has 4 heteroatoms. The van der Waals surface area contributed by atoms with Crippen LogP contribution in [0.4, 0.5) is 0 Å².